The third-order valence-electron chi connectivity index (χ3n) is 3.13. The summed E-state index contributed by atoms with van der Waals surface area (Å²) in [5.74, 6) is 0. The maximum absolute atomic E-state index is 4.82. The van der Waals surface area contributed by atoms with Crippen LogP contribution >= 0.6 is 15.9 Å². The number of anilines is 1. The van der Waals surface area contributed by atoms with Crippen molar-refractivity contribution in [3.8, 4) is 0 Å². The monoisotopic (exact) mass is 315 g/mol. The Hall–Kier alpha value is -1.68. The highest BCUT2D eigenvalue weighted by molar-refractivity contribution is 9.09. The minimum Gasteiger partial charge on any atom is -0.322 e. The Labute approximate surface area is 120 Å². The van der Waals surface area contributed by atoms with Gasteiger partial charge in [-0.25, -0.2) is 0 Å². The van der Waals surface area contributed by atoms with Crippen molar-refractivity contribution in [1.82, 2.24) is 4.98 Å². The Bertz CT molecular complexity index is 682. The van der Waals surface area contributed by atoms with Gasteiger partial charge in [-0.2, -0.15) is 0 Å². The van der Waals surface area contributed by atoms with Gasteiger partial charge in [0.15, 0.2) is 0 Å². The molecule has 1 aromatic carbocycles. The van der Waals surface area contributed by atoms with Gasteiger partial charge in [0.1, 0.15) is 6.17 Å². The molecule has 0 saturated carbocycles. The van der Waals surface area contributed by atoms with Gasteiger partial charge in [0.05, 0.1) is 22.1 Å². The van der Waals surface area contributed by atoms with Gasteiger partial charge in [0, 0.05) is 17.6 Å². The largest absolute Gasteiger partial charge is 0.322 e. The molecule has 0 bridgehead atoms. The van der Waals surface area contributed by atoms with E-state index in [1.54, 1.807) is 6.20 Å². The second kappa shape index (κ2) is 5.13. The molecule has 3 rings (SSSR count). The van der Waals surface area contributed by atoms with Gasteiger partial charge >= 0.3 is 0 Å². The molecule has 1 aliphatic rings. The van der Waals surface area contributed by atoms with Gasteiger partial charge in [0.2, 0.25) is 0 Å². The van der Waals surface area contributed by atoms with Crippen molar-refractivity contribution >= 4 is 27.8 Å². The van der Waals surface area contributed by atoms with E-state index in [1.165, 1.54) is 0 Å². The zero-order valence-corrected chi connectivity index (χ0v) is 12.2. The summed E-state index contributed by atoms with van der Waals surface area (Å²) in [6, 6.07) is 12.2. The van der Waals surface area contributed by atoms with E-state index in [-0.39, 0.29) is 11.0 Å². The summed E-state index contributed by atoms with van der Waals surface area (Å²) in [6.45, 7) is 2.11. The lowest BCUT2D eigenvalue weighted by Gasteiger charge is -2.31. The summed E-state index contributed by atoms with van der Waals surface area (Å²) in [6.07, 6.45) is 5.83. The van der Waals surface area contributed by atoms with Crippen molar-refractivity contribution in [2.24, 2.45) is 4.99 Å². The van der Waals surface area contributed by atoms with Crippen LogP contribution in [0.5, 0.6) is 0 Å². The second-order valence-corrected chi connectivity index (χ2v) is 5.97. The third-order valence-corrected chi connectivity index (χ3v) is 3.60. The third kappa shape index (κ3) is 2.40. The van der Waals surface area contributed by atoms with Crippen molar-refractivity contribution in [1.29, 1.82) is 0 Å². The topological polar surface area (TPSA) is 28.5 Å². The van der Waals surface area contributed by atoms with Crippen molar-refractivity contribution in [3.05, 3.63) is 59.4 Å². The number of rotatable bonds is 2. The molecule has 96 valence electrons. The first-order valence-electron chi connectivity index (χ1n) is 6.23. The molecule has 19 heavy (non-hydrogen) atoms. The number of halogens is 1. The molecule has 1 aromatic heterocycles. The van der Waals surface area contributed by atoms with E-state index in [9.17, 15) is 0 Å². The van der Waals surface area contributed by atoms with Crippen LogP contribution in [0.25, 0.3) is 6.20 Å². The molecule has 0 amide bonds. The quantitative estimate of drug-likeness (QED) is 0.794. The molecule has 1 aliphatic heterocycles. The summed E-state index contributed by atoms with van der Waals surface area (Å²) >= 11 is 3.65. The van der Waals surface area contributed by atoms with E-state index in [0.29, 0.717) is 0 Å². The predicted octanol–water partition coefficient (Wildman–Crippen LogP) is 2.07. The number of nitrogens with zero attached hydrogens (tertiary/aromatic N) is 3. The molecule has 0 N–H and O–H groups in total. The molecule has 2 heterocycles. The number of alkyl halides is 1. The lowest BCUT2D eigenvalue weighted by molar-refractivity contribution is 0.663. The van der Waals surface area contributed by atoms with E-state index in [0.717, 1.165) is 16.3 Å². The zero-order valence-electron chi connectivity index (χ0n) is 10.6. The summed E-state index contributed by atoms with van der Waals surface area (Å²) in [7, 11) is 0. The fourth-order valence-electron chi connectivity index (χ4n) is 2.20. The lowest BCUT2D eigenvalue weighted by atomic mass is 10.2. The van der Waals surface area contributed by atoms with Gasteiger partial charge in [-0.15, -0.1) is 0 Å². The highest BCUT2D eigenvalue weighted by atomic mass is 79.9. The Balaban J connectivity index is 2.16. The van der Waals surface area contributed by atoms with E-state index in [1.807, 2.05) is 24.4 Å². The fraction of sp³-hybridized carbons (Fsp3) is 0.200. The molecule has 3 nitrogen and oxygen atoms in total. The summed E-state index contributed by atoms with van der Waals surface area (Å²) in [5.41, 5.74) is 1.05. The summed E-state index contributed by atoms with van der Waals surface area (Å²) < 4.78 is 0. The van der Waals surface area contributed by atoms with Crippen LogP contribution in [0, 0.1) is 0 Å². The summed E-state index contributed by atoms with van der Waals surface area (Å²) in [4.78, 5) is 11.4. The van der Waals surface area contributed by atoms with E-state index in [2.05, 4.69) is 57.1 Å². The number of para-hydroxylation sites is 1. The van der Waals surface area contributed by atoms with Crippen LogP contribution in [-0.2, 0) is 0 Å². The molecule has 0 radical (unpaired) electrons. The Morgan fingerprint density at radius 1 is 1.21 bits per heavy atom. The average molecular weight is 316 g/mol. The molecule has 2 atom stereocenters. The number of fused-ring (bicyclic) bond motifs is 1. The Kier molecular flexibility index (Phi) is 3.34. The number of pyridine rings is 1. The maximum Gasteiger partial charge on any atom is 0.138 e. The molecular weight excluding hydrogens is 302 g/mol. The fourth-order valence-corrected chi connectivity index (χ4v) is 2.58. The van der Waals surface area contributed by atoms with Crippen molar-refractivity contribution in [2.75, 3.05) is 4.90 Å². The minimum absolute atomic E-state index is 0.0408. The highest BCUT2D eigenvalue weighted by Crippen LogP contribution is 2.22. The average Bonchev–Trinajstić information content (AvgIpc) is 2.46. The van der Waals surface area contributed by atoms with E-state index < -0.39 is 0 Å². The normalized spacial score (nSPS) is 19.1. The van der Waals surface area contributed by atoms with E-state index in [4.69, 9.17) is 4.99 Å². The van der Waals surface area contributed by atoms with E-state index >= 15 is 0 Å². The van der Waals surface area contributed by atoms with Gasteiger partial charge in [-0.1, -0.05) is 34.1 Å². The molecule has 2 unspecified atom stereocenters. The smallest absolute Gasteiger partial charge is 0.138 e. The number of benzene rings is 1. The van der Waals surface area contributed by atoms with Crippen LogP contribution in [0.15, 0.2) is 53.8 Å². The molecule has 0 fully saturated rings. The Morgan fingerprint density at radius 2 is 2.05 bits per heavy atom. The van der Waals surface area contributed by atoms with Crippen molar-refractivity contribution in [3.63, 3.8) is 0 Å². The highest BCUT2D eigenvalue weighted by Gasteiger charge is 2.23. The van der Waals surface area contributed by atoms with Gasteiger partial charge in [0.25, 0.3) is 0 Å². The number of aromatic nitrogens is 1. The predicted molar refractivity (Wildman–Crippen MR) is 80.6 cm³/mol. The van der Waals surface area contributed by atoms with Gasteiger partial charge in [-0.3, -0.25) is 9.98 Å². The number of hydrogen-bond donors (Lipinski definition) is 0. The molecule has 0 spiro atoms. The molecule has 0 saturated heterocycles. The molecule has 2 aromatic rings. The standard InChI is InChI=1S/C15H14BrN3/c1-11(16)15-18-14-7-3-2-5-12(14)10-19(15)13-6-4-8-17-9-13/h2-11,15H,1H3. The molecular formula is C15H14BrN3. The second-order valence-electron chi connectivity index (χ2n) is 4.53. The SMILES string of the molecule is CC(Br)C1N=c2ccccc2=CN1c1cccnc1. The number of hydrogen-bond acceptors (Lipinski definition) is 3. The summed E-state index contributed by atoms with van der Waals surface area (Å²) in [5, 5.41) is 2.18. The van der Waals surface area contributed by atoms with Crippen LogP contribution in [-0.4, -0.2) is 16.0 Å². The van der Waals surface area contributed by atoms with Gasteiger partial charge < -0.3 is 4.90 Å². The van der Waals surface area contributed by atoms with Crippen molar-refractivity contribution in [2.45, 2.75) is 17.9 Å². The lowest BCUT2D eigenvalue weighted by Crippen LogP contribution is -2.45. The maximum atomic E-state index is 4.82. The van der Waals surface area contributed by atoms with Crippen LogP contribution in [0.4, 0.5) is 5.69 Å². The first kappa shape index (κ1) is 12.4. The van der Waals surface area contributed by atoms with Gasteiger partial charge in [-0.05, 0) is 25.1 Å². The molecule has 4 heteroatoms. The Morgan fingerprint density at radius 3 is 2.79 bits per heavy atom. The van der Waals surface area contributed by atoms with Crippen LogP contribution < -0.4 is 15.5 Å². The first-order valence-corrected chi connectivity index (χ1v) is 7.14. The van der Waals surface area contributed by atoms with Crippen molar-refractivity contribution < 1.29 is 0 Å². The first-order chi connectivity index (χ1) is 9.25. The minimum atomic E-state index is 0.0408. The molecule has 0 aliphatic carbocycles. The van der Waals surface area contributed by atoms with Crippen LogP contribution in [0.3, 0.4) is 0 Å². The van der Waals surface area contributed by atoms with Crippen LogP contribution in [0.1, 0.15) is 6.92 Å². The van der Waals surface area contributed by atoms with Crippen LogP contribution in [0.2, 0.25) is 0 Å². The zero-order chi connectivity index (χ0) is 13.2.